The Morgan fingerprint density at radius 1 is 1.13 bits per heavy atom. The Hall–Kier alpha value is -4.27. The van der Waals surface area contributed by atoms with E-state index in [0.717, 1.165) is 18.4 Å². The smallest absolute Gasteiger partial charge is 0.410 e. The lowest BCUT2D eigenvalue weighted by Crippen LogP contribution is -2.56. The summed E-state index contributed by atoms with van der Waals surface area (Å²) in [5, 5.41) is 12.1. The molecule has 0 bridgehead atoms. The van der Waals surface area contributed by atoms with Crippen molar-refractivity contribution in [2.45, 2.75) is 51.3 Å². The van der Waals surface area contributed by atoms with Crippen LogP contribution in [-0.4, -0.2) is 88.4 Å². The molecule has 2 aliphatic rings. The molecular formula is C33H35ClFN7O3. The number of rotatable bonds is 6. The molecule has 10 nitrogen and oxygen atoms in total. The lowest BCUT2D eigenvalue weighted by molar-refractivity contribution is 0.0145. The fourth-order valence-corrected chi connectivity index (χ4v) is 6.13. The highest BCUT2D eigenvalue weighted by Crippen LogP contribution is 2.38. The molecule has 4 aromatic rings. The number of anilines is 1. The number of hydrogen-bond acceptors (Lipinski definition) is 9. The Balaban J connectivity index is 1.42. The number of carbonyl (C=O) groups is 1. The topological polar surface area (TPSA) is 108 Å². The van der Waals surface area contributed by atoms with Crippen LogP contribution in [0.2, 0.25) is 5.02 Å². The first-order valence-electron chi connectivity index (χ1n) is 15.0. The molecule has 0 radical (unpaired) electrons. The number of nitrogens with zero attached hydrogens (tertiary/aromatic N) is 7. The zero-order chi connectivity index (χ0) is 31.9. The first-order valence-corrected chi connectivity index (χ1v) is 15.4. The molecule has 0 aliphatic carbocycles. The van der Waals surface area contributed by atoms with E-state index in [1.165, 1.54) is 0 Å². The highest BCUT2D eigenvalue weighted by molar-refractivity contribution is 6.36. The van der Waals surface area contributed by atoms with Gasteiger partial charge >= 0.3 is 12.1 Å². The number of likely N-dealkylation sites (N-methyl/N-ethyl adjacent to an activating group) is 1. The van der Waals surface area contributed by atoms with E-state index in [-0.39, 0.29) is 42.8 Å². The molecule has 2 fully saturated rings. The molecule has 2 saturated heterocycles. The molecule has 2 aromatic carbocycles. The minimum absolute atomic E-state index is 0.0520. The Morgan fingerprint density at radius 3 is 2.60 bits per heavy atom. The first kappa shape index (κ1) is 30.7. The standard InChI is InChI=1S/C33H35ClFN7O3/c1-33(2,3)45-32(43)42-16-15-41(18-21(42)11-13-36)30-24-17-37-28(23-9-5-7-20-8-6-10-25(34)26(20)23)27(35)29(24)38-31(39-30)44-19-22-12-14-40(22)4/h5-10,17,21-22H,11-12,14-16,18-19H2,1-4H3/t21-,22?/m0/s1. The fourth-order valence-electron chi connectivity index (χ4n) is 5.85. The lowest BCUT2D eigenvalue weighted by atomic mass is 10.0. The van der Waals surface area contributed by atoms with Crippen molar-refractivity contribution in [1.29, 1.82) is 5.26 Å². The van der Waals surface area contributed by atoms with Crippen LogP contribution >= 0.6 is 11.6 Å². The molecule has 0 saturated carbocycles. The summed E-state index contributed by atoms with van der Waals surface area (Å²) in [5.41, 5.74) is 0.0610. The number of amides is 1. The van der Waals surface area contributed by atoms with Crippen LogP contribution in [0, 0.1) is 17.1 Å². The van der Waals surface area contributed by atoms with Crippen molar-refractivity contribution >= 4 is 45.2 Å². The average Bonchev–Trinajstić information content (AvgIpc) is 2.99. The van der Waals surface area contributed by atoms with Crippen molar-refractivity contribution in [3.05, 3.63) is 53.4 Å². The molecule has 2 aromatic heterocycles. The summed E-state index contributed by atoms with van der Waals surface area (Å²) < 4.78 is 28.3. The molecule has 45 heavy (non-hydrogen) atoms. The highest BCUT2D eigenvalue weighted by atomic mass is 35.5. The van der Waals surface area contributed by atoms with Crippen molar-refractivity contribution in [2.24, 2.45) is 0 Å². The maximum absolute atomic E-state index is 16.6. The number of halogens is 2. The van der Waals surface area contributed by atoms with Crippen LogP contribution < -0.4 is 9.64 Å². The molecule has 1 unspecified atom stereocenters. The molecule has 234 valence electrons. The summed E-state index contributed by atoms with van der Waals surface area (Å²) in [7, 11) is 2.02. The van der Waals surface area contributed by atoms with Gasteiger partial charge in [-0.05, 0) is 52.2 Å². The van der Waals surface area contributed by atoms with Gasteiger partial charge < -0.3 is 19.3 Å². The van der Waals surface area contributed by atoms with Crippen LogP contribution in [-0.2, 0) is 4.74 Å². The summed E-state index contributed by atoms with van der Waals surface area (Å²) in [5.74, 6) is -0.187. The van der Waals surface area contributed by atoms with E-state index in [4.69, 9.17) is 26.1 Å². The molecule has 0 N–H and O–H groups in total. The van der Waals surface area contributed by atoms with Gasteiger partial charge in [-0.1, -0.05) is 41.9 Å². The fraction of sp³-hybridized carbons (Fsp3) is 0.424. The van der Waals surface area contributed by atoms with Crippen LogP contribution in [0.15, 0.2) is 42.6 Å². The maximum atomic E-state index is 16.6. The molecule has 2 atom stereocenters. The normalized spacial score (nSPS) is 19.0. The van der Waals surface area contributed by atoms with Gasteiger partial charge in [0, 0.05) is 47.8 Å². The number of nitriles is 1. The Bertz CT molecular complexity index is 1800. The van der Waals surface area contributed by atoms with Gasteiger partial charge in [-0.3, -0.25) is 9.88 Å². The number of carbonyl (C=O) groups excluding carboxylic acids is 1. The minimum atomic E-state index is -0.676. The van der Waals surface area contributed by atoms with Crippen LogP contribution in [0.5, 0.6) is 6.01 Å². The predicted molar refractivity (Wildman–Crippen MR) is 171 cm³/mol. The number of aromatic nitrogens is 3. The van der Waals surface area contributed by atoms with Crippen molar-refractivity contribution in [3.8, 4) is 23.3 Å². The van der Waals surface area contributed by atoms with E-state index in [0.29, 0.717) is 40.3 Å². The average molecular weight is 632 g/mol. The van der Waals surface area contributed by atoms with E-state index in [9.17, 15) is 10.1 Å². The Morgan fingerprint density at radius 2 is 1.91 bits per heavy atom. The molecular weight excluding hydrogens is 597 g/mol. The van der Waals surface area contributed by atoms with Crippen molar-refractivity contribution in [2.75, 3.05) is 44.7 Å². The zero-order valence-electron chi connectivity index (χ0n) is 25.8. The summed E-state index contributed by atoms with van der Waals surface area (Å²) in [6, 6.07) is 13.1. The summed E-state index contributed by atoms with van der Waals surface area (Å²) in [6.45, 7) is 7.71. The highest BCUT2D eigenvalue weighted by Gasteiger charge is 2.35. The Kier molecular flexibility index (Phi) is 8.37. The number of benzene rings is 2. The van der Waals surface area contributed by atoms with Crippen molar-refractivity contribution in [3.63, 3.8) is 0 Å². The molecule has 0 spiro atoms. The first-order chi connectivity index (χ1) is 21.5. The number of likely N-dealkylation sites (tertiary alicyclic amines) is 1. The van der Waals surface area contributed by atoms with Crippen molar-refractivity contribution in [1.82, 2.24) is 24.8 Å². The van der Waals surface area contributed by atoms with Gasteiger partial charge in [0.05, 0.1) is 23.9 Å². The number of piperazine rings is 1. The number of pyridine rings is 1. The lowest BCUT2D eigenvalue weighted by Gasteiger charge is -2.41. The minimum Gasteiger partial charge on any atom is -0.462 e. The van der Waals surface area contributed by atoms with E-state index in [1.54, 1.807) is 44.0 Å². The summed E-state index contributed by atoms with van der Waals surface area (Å²) in [6.07, 6.45) is 2.18. The van der Waals surface area contributed by atoms with E-state index < -0.39 is 23.6 Å². The second-order valence-corrected chi connectivity index (χ2v) is 12.9. The molecule has 6 rings (SSSR count). The van der Waals surface area contributed by atoms with Gasteiger partial charge in [-0.2, -0.15) is 15.2 Å². The molecule has 12 heteroatoms. The van der Waals surface area contributed by atoms with Gasteiger partial charge in [0.2, 0.25) is 0 Å². The van der Waals surface area contributed by atoms with Gasteiger partial charge in [-0.15, -0.1) is 0 Å². The second kappa shape index (κ2) is 12.3. The third-order valence-electron chi connectivity index (χ3n) is 8.33. The number of fused-ring (bicyclic) bond motifs is 2. The van der Waals surface area contributed by atoms with Gasteiger partial charge in [0.15, 0.2) is 5.82 Å². The van der Waals surface area contributed by atoms with Crippen LogP contribution in [0.25, 0.3) is 32.9 Å². The van der Waals surface area contributed by atoms with Gasteiger partial charge in [0.1, 0.15) is 29.2 Å². The monoisotopic (exact) mass is 631 g/mol. The second-order valence-electron chi connectivity index (χ2n) is 12.5. The number of hydrogen-bond donors (Lipinski definition) is 0. The van der Waals surface area contributed by atoms with E-state index in [2.05, 4.69) is 20.9 Å². The largest absolute Gasteiger partial charge is 0.462 e. The van der Waals surface area contributed by atoms with Crippen molar-refractivity contribution < 1.29 is 18.7 Å². The third-order valence-corrected chi connectivity index (χ3v) is 8.65. The molecule has 1 amide bonds. The van der Waals surface area contributed by atoms with Crippen LogP contribution in [0.4, 0.5) is 15.0 Å². The van der Waals surface area contributed by atoms with E-state index >= 15 is 4.39 Å². The van der Waals surface area contributed by atoms with E-state index in [1.807, 2.05) is 36.2 Å². The zero-order valence-corrected chi connectivity index (χ0v) is 26.5. The van der Waals surface area contributed by atoms with Crippen LogP contribution in [0.1, 0.15) is 33.6 Å². The van der Waals surface area contributed by atoms with Crippen LogP contribution in [0.3, 0.4) is 0 Å². The molecule has 2 aliphatic heterocycles. The summed E-state index contributed by atoms with van der Waals surface area (Å²) in [4.78, 5) is 32.6. The van der Waals surface area contributed by atoms with Gasteiger partial charge in [0.25, 0.3) is 0 Å². The number of ether oxygens (including phenoxy) is 2. The SMILES string of the molecule is CN1CCC1COc1nc(N2CCN(C(=O)OC(C)(C)C)[C@@H](CC#N)C2)c2cnc(-c3cccc4cccc(Cl)c34)c(F)c2n1. The predicted octanol–water partition coefficient (Wildman–Crippen LogP) is 6.06. The summed E-state index contributed by atoms with van der Waals surface area (Å²) >= 11 is 6.58. The molecule has 4 heterocycles. The quantitative estimate of drug-likeness (QED) is 0.251. The van der Waals surface area contributed by atoms with Gasteiger partial charge in [-0.25, -0.2) is 9.18 Å². The maximum Gasteiger partial charge on any atom is 0.410 e. The third kappa shape index (κ3) is 6.17. The Labute approximate surface area is 266 Å².